The minimum Gasteiger partial charge on any atom is -0.468 e. The number of esters is 1. The Bertz CT molecular complexity index is 223. The van der Waals surface area contributed by atoms with Crippen molar-refractivity contribution in [2.75, 3.05) is 13.7 Å². The van der Waals surface area contributed by atoms with Gasteiger partial charge in [0.15, 0.2) is 0 Å². The highest BCUT2D eigenvalue weighted by Crippen LogP contribution is 2.22. The molecule has 0 rings (SSSR count). The second kappa shape index (κ2) is 5.67. The zero-order valence-corrected chi connectivity index (χ0v) is 11.8. The van der Waals surface area contributed by atoms with Gasteiger partial charge >= 0.3 is 5.97 Å². The molecule has 0 saturated heterocycles. The van der Waals surface area contributed by atoms with Gasteiger partial charge in [-0.1, -0.05) is 41.5 Å². The van der Waals surface area contributed by atoms with E-state index in [1.807, 2.05) is 20.8 Å². The smallest absolute Gasteiger partial charge is 0.323 e. The van der Waals surface area contributed by atoms with Crippen LogP contribution in [0.3, 0.4) is 0 Å². The van der Waals surface area contributed by atoms with Crippen LogP contribution < -0.4 is 5.32 Å². The fourth-order valence-corrected chi connectivity index (χ4v) is 1.45. The molecule has 0 amide bonds. The fraction of sp³-hybridized carbons (Fsp3) is 0.923. The lowest BCUT2D eigenvalue weighted by Crippen LogP contribution is -2.47. The SMILES string of the molecule is COC(=O)C(NCCC(C)(C)C)C(C)(C)C. The largest absolute Gasteiger partial charge is 0.468 e. The molecule has 0 radical (unpaired) electrons. The molecular formula is C13H27NO2. The minimum absolute atomic E-state index is 0.120. The quantitative estimate of drug-likeness (QED) is 0.753. The Morgan fingerprint density at radius 2 is 1.69 bits per heavy atom. The van der Waals surface area contributed by atoms with Crippen molar-refractivity contribution in [3.63, 3.8) is 0 Å². The number of ether oxygens (including phenoxy) is 1. The van der Waals surface area contributed by atoms with Crippen LogP contribution in [0.25, 0.3) is 0 Å². The van der Waals surface area contributed by atoms with Crippen LogP contribution in [0.1, 0.15) is 48.0 Å². The zero-order chi connectivity index (χ0) is 13.0. The fourth-order valence-electron chi connectivity index (χ4n) is 1.45. The number of methoxy groups -OCH3 is 1. The normalized spacial score (nSPS) is 14.7. The molecule has 0 spiro atoms. The predicted octanol–water partition coefficient (Wildman–Crippen LogP) is 2.60. The zero-order valence-electron chi connectivity index (χ0n) is 11.8. The first-order valence-electron chi connectivity index (χ1n) is 5.89. The number of hydrogen-bond donors (Lipinski definition) is 1. The van der Waals surface area contributed by atoms with Crippen molar-refractivity contribution in [1.82, 2.24) is 5.32 Å². The highest BCUT2D eigenvalue weighted by Gasteiger charge is 2.31. The molecule has 0 aromatic carbocycles. The minimum atomic E-state index is -0.236. The summed E-state index contributed by atoms with van der Waals surface area (Å²) in [6.07, 6.45) is 1.04. The third-order valence-electron chi connectivity index (χ3n) is 2.53. The Kier molecular flexibility index (Phi) is 5.47. The van der Waals surface area contributed by atoms with Gasteiger partial charge in [0.05, 0.1) is 7.11 Å². The van der Waals surface area contributed by atoms with E-state index in [1.165, 1.54) is 7.11 Å². The molecule has 3 nitrogen and oxygen atoms in total. The van der Waals surface area contributed by atoms with Crippen LogP contribution in [-0.4, -0.2) is 25.7 Å². The Hall–Kier alpha value is -0.570. The molecule has 0 bridgehead atoms. The molecule has 0 fully saturated rings. The standard InChI is InChI=1S/C13H27NO2/c1-12(2,3)8-9-14-10(11(15)16-7)13(4,5)6/h10,14H,8-9H2,1-7H3. The topological polar surface area (TPSA) is 38.3 Å². The first kappa shape index (κ1) is 15.4. The van der Waals surface area contributed by atoms with Crippen LogP contribution in [0.2, 0.25) is 0 Å². The maximum Gasteiger partial charge on any atom is 0.323 e. The van der Waals surface area contributed by atoms with Crippen LogP contribution in [0, 0.1) is 10.8 Å². The van der Waals surface area contributed by atoms with E-state index in [9.17, 15) is 4.79 Å². The number of nitrogens with one attached hydrogen (secondary N) is 1. The molecule has 0 aromatic heterocycles. The molecular weight excluding hydrogens is 202 g/mol. The summed E-state index contributed by atoms with van der Waals surface area (Å²) in [7, 11) is 1.44. The summed E-state index contributed by atoms with van der Waals surface area (Å²) in [4.78, 5) is 11.6. The van der Waals surface area contributed by atoms with Gasteiger partial charge in [-0.2, -0.15) is 0 Å². The van der Waals surface area contributed by atoms with Crippen LogP contribution >= 0.6 is 0 Å². The Balaban J connectivity index is 4.31. The van der Waals surface area contributed by atoms with Gasteiger partial charge in [-0.05, 0) is 23.8 Å². The Morgan fingerprint density at radius 1 is 1.19 bits per heavy atom. The molecule has 0 aromatic rings. The molecule has 1 atom stereocenters. The highest BCUT2D eigenvalue weighted by atomic mass is 16.5. The second-order valence-electron chi connectivity index (χ2n) is 6.59. The summed E-state index contributed by atoms with van der Waals surface area (Å²) in [5.41, 5.74) is 0.163. The summed E-state index contributed by atoms with van der Waals surface area (Å²) >= 11 is 0. The second-order valence-corrected chi connectivity index (χ2v) is 6.59. The molecule has 0 saturated carbocycles. The molecule has 96 valence electrons. The first-order valence-corrected chi connectivity index (χ1v) is 5.89. The van der Waals surface area contributed by atoms with Crippen molar-refractivity contribution in [2.45, 2.75) is 54.0 Å². The molecule has 0 aliphatic carbocycles. The highest BCUT2D eigenvalue weighted by molar-refractivity contribution is 5.76. The average molecular weight is 229 g/mol. The lowest BCUT2D eigenvalue weighted by Gasteiger charge is -2.30. The third kappa shape index (κ3) is 6.11. The van der Waals surface area contributed by atoms with Crippen LogP contribution in [-0.2, 0) is 9.53 Å². The van der Waals surface area contributed by atoms with Crippen molar-refractivity contribution in [3.05, 3.63) is 0 Å². The van der Waals surface area contributed by atoms with E-state index in [0.717, 1.165) is 13.0 Å². The maximum atomic E-state index is 11.6. The summed E-state index contributed by atoms with van der Waals surface area (Å²) in [5.74, 6) is -0.179. The lowest BCUT2D eigenvalue weighted by atomic mass is 9.86. The van der Waals surface area contributed by atoms with Crippen molar-refractivity contribution in [3.8, 4) is 0 Å². The number of rotatable bonds is 4. The van der Waals surface area contributed by atoms with Crippen LogP contribution in [0.5, 0.6) is 0 Å². The van der Waals surface area contributed by atoms with Crippen molar-refractivity contribution in [1.29, 1.82) is 0 Å². The lowest BCUT2D eigenvalue weighted by molar-refractivity contribution is -0.146. The van der Waals surface area contributed by atoms with E-state index in [2.05, 4.69) is 26.1 Å². The van der Waals surface area contributed by atoms with E-state index in [1.54, 1.807) is 0 Å². The van der Waals surface area contributed by atoms with Gasteiger partial charge in [0.1, 0.15) is 6.04 Å². The summed E-state index contributed by atoms with van der Waals surface area (Å²) in [6, 6.07) is -0.236. The van der Waals surface area contributed by atoms with E-state index >= 15 is 0 Å². The number of hydrogen-bond acceptors (Lipinski definition) is 3. The molecule has 1 N–H and O–H groups in total. The molecule has 16 heavy (non-hydrogen) atoms. The molecule has 0 aliphatic heterocycles. The monoisotopic (exact) mass is 229 g/mol. The van der Waals surface area contributed by atoms with Crippen molar-refractivity contribution >= 4 is 5.97 Å². The van der Waals surface area contributed by atoms with Gasteiger partial charge in [-0.15, -0.1) is 0 Å². The third-order valence-corrected chi connectivity index (χ3v) is 2.53. The first-order chi connectivity index (χ1) is 7.08. The van der Waals surface area contributed by atoms with Crippen molar-refractivity contribution in [2.24, 2.45) is 10.8 Å². The maximum absolute atomic E-state index is 11.6. The van der Waals surface area contributed by atoms with Gasteiger partial charge < -0.3 is 10.1 Å². The van der Waals surface area contributed by atoms with E-state index in [-0.39, 0.29) is 22.8 Å². The molecule has 1 unspecified atom stereocenters. The van der Waals surface area contributed by atoms with Gasteiger partial charge in [0, 0.05) is 0 Å². The molecule has 3 heteroatoms. The van der Waals surface area contributed by atoms with Gasteiger partial charge in [-0.3, -0.25) is 4.79 Å². The van der Waals surface area contributed by atoms with E-state index < -0.39 is 0 Å². The average Bonchev–Trinajstić information content (AvgIpc) is 2.07. The number of carbonyl (C=O) groups is 1. The Morgan fingerprint density at radius 3 is 2.00 bits per heavy atom. The van der Waals surface area contributed by atoms with Gasteiger partial charge in [0.2, 0.25) is 0 Å². The van der Waals surface area contributed by atoms with Crippen LogP contribution in [0.15, 0.2) is 0 Å². The summed E-state index contributed by atoms with van der Waals surface area (Å²) in [6.45, 7) is 13.5. The molecule has 0 aliphatic rings. The predicted molar refractivity (Wildman–Crippen MR) is 67.3 cm³/mol. The van der Waals surface area contributed by atoms with Gasteiger partial charge in [0.25, 0.3) is 0 Å². The Labute approximate surface area is 99.9 Å². The van der Waals surface area contributed by atoms with Gasteiger partial charge in [-0.25, -0.2) is 0 Å². The summed E-state index contributed by atoms with van der Waals surface area (Å²) < 4.78 is 4.82. The van der Waals surface area contributed by atoms with E-state index in [4.69, 9.17) is 4.74 Å². The molecule has 0 heterocycles. The summed E-state index contributed by atoms with van der Waals surface area (Å²) in [5, 5.41) is 3.29. The van der Waals surface area contributed by atoms with Crippen molar-refractivity contribution < 1.29 is 9.53 Å². The van der Waals surface area contributed by atoms with Crippen LogP contribution in [0.4, 0.5) is 0 Å². The van der Waals surface area contributed by atoms with E-state index in [0.29, 0.717) is 0 Å². The number of carbonyl (C=O) groups excluding carboxylic acids is 1.